The summed E-state index contributed by atoms with van der Waals surface area (Å²) in [4.78, 5) is 24.1. The Kier molecular flexibility index (Phi) is 7.98. The average molecular weight is 349 g/mol. The highest BCUT2D eigenvalue weighted by atomic mass is 16.6. The number of ether oxygens (including phenoxy) is 3. The van der Waals surface area contributed by atoms with E-state index < -0.39 is 23.7 Å². The molecular weight excluding hydrogens is 322 g/mol. The normalized spacial score (nSPS) is 12.0. The number of rotatable bonds is 8. The smallest absolute Gasteiger partial charge is 0.408 e. The Hall–Kier alpha value is -2.50. The van der Waals surface area contributed by atoms with Crippen LogP contribution >= 0.6 is 0 Å². The molecule has 1 amide bonds. The van der Waals surface area contributed by atoms with Crippen molar-refractivity contribution in [2.45, 2.75) is 45.8 Å². The molecule has 138 valence electrons. The van der Waals surface area contributed by atoms with Gasteiger partial charge in [0.1, 0.15) is 24.0 Å². The second-order valence-electron chi connectivity index (χ2n) is 6.40. The van der Waals surface area contributed by atoms with Gasteiger partial charge in [0, 0.05) is 6.42 Å². The van der Waals surface area contributed by atoms with Crippen LogP contribution in [0.3, 0.4) is 0 Å². The second-order valence-corrected chi connectivity index (χ2v) is 6.40. The molecular formula is C19H27NO5. The minimum atomic E-state index is -0.824. The molecule has 1 aromatic rings. The fraction of sp³-hybridized carbons (Fsp3) is 0.474. The van der Waals surface area contributed by atoms with Crippen molar-refractivity contribution in [2.24, 2.45) is 0 Å². The number of carbonyl (C=O) groups is 2. The predicted molar refractivity (Wildman–Crippen MR) is 95.6 cm³/mol. The van der Waals surface area contributed by atoms with Gasteiger partial charge in [0.05, 0.1) is 6.61 Å². The summed E-state index contributed by atoms with van der Waals surface area (Å²) in [6.07, 6.45) is 1.30. The van der Waals surface area contributed by atoms with Crippen molar-refractivity contribution in [3.8, 4) is 5.75 Å². The molecule has 0 aliphatic rings. The molecule has 0 saturated carbocycles. The maximum atomic E-state index is 12.1. The maximum Gasteiger partial charge on any atom is 0.408 e. The van der Waals surface area contributed by atoms with Gasteiger partial charge in [-0.3, -0.25) is 0 Å². The van der Waals surface area contributed by atoms with E-state index in [1.54, 1.807) is 45.9 Å². The summed E-state index contributed by atoms with van der Waals surface area (Å²) >= 11 is 0. The summed E-state index contributed by atoms with van der Waals surface area (Å²) in [5.41, 5.74) is 0.216. The monoisotopic (exact) mass is 349 g/mol. The van der Waals surface area contributed by atoms with Gasteiger partial charge in [0.2, 0.25) is 0 Å². The third-order valence-electron chi connectivity index (χ3n) is 2.99. The molecule has 1 rings (SSSR count). The van der Waals surface area contributed by atoms with Gasteiger partial charge in [-0.2, -0.15) is 0 Å². The molecule has 0 saturated heterocycles. The Morgan fingerprint density at radius 2 is 1.88 bits per heavy atom. The van der Waals surface area contributed by atoms with Crippen molar-refractivity contribution in [1.29, 1.82) is 0 Å². The third kappa shape index (κ3) is 8.24. The van der Waals surface area contributed by atoms with Crippen LogP contribution in [0.15, 0.2) is 36.9 Å². The summed E-state index contributed by atoms with van der Waals surface area (Å²) in [5.74, 6) is 0.205. The second kappa shape index (κ2) is 9.71. The van der Waals surface area contributed by atoms with E-state index in [-0.39, 0.29) is 6.61 Å². The summed E-state index contributed by atoms with van der Waals surface area (Å²) in [6.45, 7) is 11.2. The van der Waals surface area contributed by atoms with Gasteiger partial charge >= 0.3 is 12.1 Å². The summed E-state index contributed by atoms with van der Waals surface area (Å²) in [6, 6.07) is 6.45. The van der Waals surface area contributed by atoms with Crippen LogP contribution in [0.2, 0.25) is 0 Å². The number of hydrogen-bond donors (Lipinski definition) is 1. The lowest BCUT2D eigenvalue weighted by Gasteiger charge is -2.23. The number of nitrogens with one attached hydrogen (secondary N) is 1. The van der Waals surface area contributed by atoms with Gasteiger partial charge in [-0.15, -0.1) is 0 Å². The number of carbonyl (C=O) groups excluding carboxylic acids is 2. The van der Waals surface area contributed by atoms with Crippen LogP contribution in [0.5, 0.6) is 5.75 Å². The first-order valence-electron chi connectivity index (χ1n) is 8.24. The quantitative estimate of drug-likeness (QED) is 0.576. The van der Waals surface area contributed by atoms with Crippen molar-refractivity contribution >= 4 is 12.1 Å². The molecule has 0 radical (unpaired) electrons. The Morgan fingerprint density at radius 1 is 1.24 bits per heavy atom. The molecule has 0 aliphatic heterocycles. The van der Waals surface area contributed by atoms with Crippen LogP contribution < -0.4 is 10.1 Å². The highest BCUT2D eigenvalue weighted by Crippen LogP contribution is 2.14. The fourth-order valence-electron chi connectivity index (χ4n) is 2.00. The van der Waals surface area contributed by atoms with Crippen LogP contribution in [0, 0.1) is 0 Å². The molecule has 6 heteroatoms. The number of amides is 1. The van der Waals surface area contributed by atoms with E-state index in [1.165, 1.54) is 0 Å². The lowest BCUT2D eigenvalue weighted by molar-refractivity contribution is -0.145. The number of alkyl carbamates (subject to hydrolysis) is 1. The van der Waals surface area contributed by atoms with Gasteiger partial charge in [0.25, 0.3) is 0 Å². The van der Waals surface area contributed by atoms with Gasteiger partial charge in [-0.05, 0) is 45.4 Å². The van der Waals surface area contributed by atoms with Crippen LogP contribution in [0.25, 0.3) is 0 Å². The highest BCUT2D eigenvalue weighted by molar-refractivity contribution is 5.81. The first kappa shape index (κ1) is 20.5. The van der Waals surface area contributed by atoms with Crippen LogP contribution in [0.4, 0.5) is 4.79 Å². The van der Waals surface area contributed by atoms with Crippen LogP contribution in [-0.2, 0) is 20.7 Å². The van der Waals surface area contributed by atoms with Gasteiger partial charge < -0.3 is 19.5 Å². The van der Waals surface area contributed by atoms with Crippen molar-refractivity contribution in [3.05, 3.63) is 42.5 Å². The summed E-state index contributed by atoms with van der Waals surface area (Å²) < 4.78 is 15.7. The first-order valence-corrected chi connectivity index (χ1v) is 8.24. The van der Waals surface area contributed by atoms with Crippen molar-refractivity contribution in [2.75, 3.05) is 13.2 Å². The van der Waals surface area contributed by atoms with E-state index in [1.807, 2.05) is 12.1 Å². The van der Waals surface area contributed by atoms with E-state index in [9.17, 15) is 9.59 Å². The Morgan fingerprint density at radius 3 is 2.40 bits per heavy atom. The lowest BCUT2D eigenvalue weighted by atomic mass is 10.1. The molecule has 0 bridgehead atoms. The molecule has 0 aromatic heterocycles. The predicted octanol–water partition coefficient (Wildman–Crippen LogP) is 3.25. The number of hydrogen-bond acceptors (Lipinski definition) is 5. The molecule has 25 heavy (non-hydrogen) atoms. The molecule has 6 nitrogen and oxygen atoms in total. The molecule has 1 atom stereocenters. The molecule has 1 aromatic carbocycles. The molecule has 0 unspecified atom stereocenters. The molecule has 0 fully saturated rings. The van der Waals surface area contributed by atoms with Crippen LogP contribution in [-0.4, -0.2) is 36.9 Å². The molecule has 0 heterocycles. The SMILES string of the molecule is C=CCOc1ccc(C[C@H](NC(=O)OC(C)(C)C)C(=O)OCC)cc1. The maximum absolute atomic E-state index is 12.1. The largest absolute Gasteiger partial charge is 0.490 e. The van der Waals surface area contributed by atoms with E-state index >= 15 is 0 Å². The highest BCUT2D eigenvalue weighted by Gasteiger charge is 2.25. The summed E-state index contributed by atoms with van der Waals surface area (Å²) in [7, 11) is 0. The van der Waals surface area contributed by atoms with E-state index in [2.05, 4.69) is 11.9 Å². The first-order chi connectivity index (χ1) is 11.7. The zero-order valence-corrected chi connectivity index (χ0v) is 15.3. The standard InChI is InChI=1S/C19H27NO5/c1-6-12-24-15-10-8-14(9-11-15)13-16(17(21)23-7-2)20-18(22)25-19(3,4)5/h6,8-11,16H,1,7,12-13H2,2-5H3,(H,20,22)/t16-/m0/s1. The fourth-order valence-corrected chi connectivity index (χ4v) is 2.00. The average Bonchev–Trinajstić information content (AvgIpc) is 2.52. The minimum absolute atomic E-state index is 0.236. The number of esters is 1. The van der Waals surface area contributed by atoms with Gasteiger partial charge in [0.15, 0.2) is 0 Å². The van der Waals surface area contributed by atoms with Crippen LogP contribution in [0.1, 0.15) is 33.3 Å². The van der Waals surface area contributed by atoms with Gasteiger partial charge in [-0.25, -0.2) is 9.59 Å². The molecule has 1 N–H and O–H groups in total. The lowest BCUT2D eigenvalue weighted by Crippen LogP contribution is -2.45. The summed E-state index contributed by atoms with van der Waals surface area (Å²) in [5, 5.41) is 2.58. The Balaban J connectivity index is 2.77. The zero-order valence-electron chi connectivity index (χ0n) is 15.3. The van der Waals surface area contributed by atoms with E-state index in [0.717, 1.165) is 5.56 Å². The van der Waals surface area contributed by atoms with Crippen molar-refractivity contribution in [1.82, 2.24) is 5.32 Å². The van der Waals surface area contributed by atoms with Gasteiger partial charge in [-0.1, -0.05) is 24.8 Å². The zero-order chi connectivity index (χ0) is 18.9. The minimum Gasteiger partial charge on any atom is -0.490 e. The van der Waals surface area contributed by atoms with E-state index in [4.69, 9.17) is 14.2 Å². The molecule has 0 spiro atoms. The Labute approximate surface area is 149 Å². The van der Waals surface area contributed by atoms with E-state index in [0.29, 0.717) is 18.8 Å². The Bertz CT molecular complexity index is 574. The third-order valence-corrected chi connectivity index (χ3v) is 2.99. The topological polar surface area (TPSA) is 73.9 Å². The van der Waals surface area contributed by atoms with Crippen molar-refractivity contribution < 1.29 is 23.8 Å². The molecule has 0 aliphatic carbocycles. The number of benzene rings is 1. The van der Waals surface area contributed by atoms with Crippen molar-refractivity contribution in [3.63, 3.8) is 0 Å².